The summed E-state index contributed by atoms with van der Waals surface area (Å²) in [7, 11) is 0. The molecule has 2 rings (SSSR count). The van der Waals surface area contributed by atoms with Crippen molar-refractivity contribution >= 4 is 21.8 Å². The van der Waals surface area contributed by atoms with Crippen molar-refractivity contribution in [2.45, 2.75) is 26.3 Å². The maximum atomic E-state index is 12.1. The van der Waals surface area contributed by atoms with E-state index in [0.717, 1.165) is 25.9 Å². The van der Waals surface area contributed by atoms with Crippen LogP contribution in [0.4, 0.5) is 0 Å². The summed E-state index contributed by atoms with van der Waals surface area (Å²) in [4.78, 5) is 29.5. The van der Waals surface area contributed by atoms with Crippen LogP contribution in [-0.2, 0) is 11.3 Å². The van der Waals surface area contributed by atoms with E-state index >= 15 is 0 Å². The zero-order valence-corrected chi connectivity index (χ0v) is 11.9. The van der Waals surface area contributed by atoms with Gasteiger partial charge in [-0.3, -0.25) is 14.2 Å². The predicted molar refractivity (Wildman–Crippen MR) is 71.2 cm³/mol. The highest BCUT2D eigenvalue weighted by Gasteiger charge is 2.20. The molecule has 1 aromatic rings. The minimum atomic E-state index is -0.219. The van der Waals surface area contributed by atoms with Gasteiger partial charge in [0, 0.05) is 19.3 Å². The summed E-state index contributed by atoms with van der Waals surface area (Å²) >= 11 is 3.12. The maximum absolute atomic E-state index is 12.1. The summed E-state index contributed by atoms with van der Waals surface area (Å²) in [5.41, 5.74) is -0.219. The number of carbonyl (C=O) groups is 1. The number of hydrogen-bond acceptors (Lipinski definition) is 3. The van der Waals surface area contributed by atoms with E-state index in [0.29, 0.717) is 10.4 Å². The van der Waals surface area contributed by atoms with Crippen LogP contribution in [0.15, 0.2) is 21.8 Å². The Balaban J connectivity index is 2.03. The van der Waals surface area contributed by atoms with Gasteiger partial charge in [-0.1, -0.05) is 6.92 Å². The van der Waals surface area contributed by atoms with Crippen molar-refractivity contribution in [1.82, 2.24) is 14.5 Å². The zero-order chi connectivity index (χ0) is 13.1. The Bertz CT molecular complexity index is 492. The van der Waals surface area contributed by atoms with Crippen LogP contribution >= 0.6 is 15.9 Å². The number of nitrogens with zero attached hydrogens (tertiary/aromatic N) is 3. The highest BCUT2D eigenvalue weighted by molar-refractivity contribution is 9.10. The van der Waals surface area contributed by atoms with E-state index in [2.05, 4.69) is 27.8 Å². The van der Waals surface area contributed by atoms with Gasteiger partial charge in [0.15, 0.2) is 0 Å². The third-order valence-corrected chi connectivity index (χ3v) is 3.84. The monoisotopic (exact) mass is 313 g/mol. The summed E-state index contributed by atoms with van der Waals surface area (Å²) in [6.07, 6.45) is 4.91. The lowest BCUT2D eigenvalue weighted by Crippen LogP contribution is -2.41. The highest BCUT2D eigenvalue weighted by Crippen LogP contribution is 2.16. The van der Waals surface area contributed by atoms with Gasteiger partial charge in [0.25, 0.3) is 5.56 Å². The van der Waals surface area contributed by atoms with Crippen LogP contribution < -0.4 is 5.56 Å². The number of likely N-dealkylation sites (tertiary alicyclic amines) is 1. The number of rotatable bonds is 2. The topological polar surface area (TPSA) is 55.2 Å². The number of halogens is 1. The van der Waals surface area contributed by atoms with Crippen molar-refractivity contribution in [3.8, 4) is 0 Å². The standard InChI is InChI=1S/C12H16BrN3O2/c1-9-2-4-15(5-3-9)11(17)7-16-8-14-6-10(13)12(16)18/h6,8-9H,2-5,7H2,1H3. The Labute approximate surface area is 114 Å². The summed E-state index contributed by atoms with van der Waals surface area (Å²) < 4.78 is 1.72. The third kappa shape index (κ3) is 2.98. The van der Waals surface area contributed by atoms with Gasteiger partial charge in [0.05, 0.1) is 6.33 Å². The smallest absolute Gasteiger partial charge is 0.268 e. The quantitative estimate of drug-likeness (QED) is 0.826. The molecule has 0 saturated carbocycles. The molecule has 0 radical (unpaired) electrons. The van der Waals surface area contributed by atoms with Crippen LogP contribution in [0.1, 0.15) is 19.8 Å². The van der Waals surface area contributed by atoms with Crippen molar-refractivity contribution in [1.29, 1.82) is 0 Å². The molecule has 18 heavy (non-hydrogen) atoms. The molecule has 1 aromatic heterocycles. The Morgan fingerprint density at radius 1 is 1.50 bits per heavy atom. The normalized spacial score (nSPS) is 16.9. The molecule has 0 unspecified atom stereocenters. The predicted octanol–water partition coefficient (Wildman–Crippen LogP) is 1.26. The molecule has 0 bridgehead atoms. The summed E-state index contributed by atoms with van der Waals surface area (Å²) in [5.74, 6) is 0.674. The van der Waals surface area contributed by atoms with Crippen molar-refractivity contribution < 1.29 is 4.79 Å². The first-order valence-corrected chi connectivity index (χ1v) is 6.85. The summed E-state index contributed by atoms with van der Waals surface area (Å²) in [5, 5.41) is 0. The van der Waals surface area contributed by atoms with Gasteiger partial charge in [0.1, 0.15) is 11.0 Å². The fourth-order valence-electron chi connectivity index (χ4n) is 2.04. The van der Waals surface area contributed by atoms with Crippen molar-refractivity contribution in [2.75, 3.05) is 13.1 Å². The molecule has 5 nitrogen and oxygen atoms in total. The number of aromatic nitrogens is 2. The maximum Gasteiger partial charge on any atom is 0.268 e. The number of piperidine rings is 1. The zero-order valence-electron chi connectivity index (χ0n) is 10.3. The fourth-order valence-corrected chi connectivity index (χ4v) is 2.39. The molecule has 0 spiro atoms. The molecule has 1 amide bonds. The molecule has 1 saturated heterocycles. The lowest BCUT2D eigenvalue weighted by atomic mass is 9.99. The van der Waals surface area contributed by atoms with E-state index < -0.39 is 0 Å². The third-order valence-electron chi connectivity index (χ3n) is 3.30. The molecule has 0 aliphatic carbocycles. The van der Waals surface area contributed by atoms with Crippen molar-refractivity contribution in [2.24, 2.45) is 5.92 Å². The molecule has 0 aromatic carbocycles. The van der Waals surface area contributed by atoms with Crippen LogP contribution in [0.3, 0.4) is 0 Å². The van der Waals surface area contributed by atoms with Gasteiger partial charge in [-0.05, 0) is 34.7 Å². The van der Waals surface area contributed by atoms with Crippen molar-refractivity contribution in [3.63, 3.8) is 0 Å². The van der Waals surface area contributed by atoms with Gasteiger partial charge >= 0.3 is 0 Å². The van der Waals surface area contributed by atoms with E-state index in [1.807, 2.05) is 4.90 Å². The number of amides is 1. The second kappa shape index (κ2) is 5.65. The highest BCUT2D eigenvalue weighted by atomic mass is 79.9. The second-order valence-corrected chi connectivity index (χ2v) is 5.59. The molecule has 0 atom stereocenters. The first kappa shape index (κ1) is 13.3. The van der Waals surface area contributed by atoms with Gasteiger partial charge in [0.2, 0.25) is 5.91 Å². The van der Waals surface area contributed by atoms with Crippen LogP contribution in [-0.4, -0.2) is 33.4 Å². The average Bonchev–Trinajstić information content (AvgIpc) is 2.36. The Morgan fingerprint density at radius 2 is 2.17 bits per heavy atom. The molecule has 2 heterocycles. The van der Waals surface area contributed by atoms with Crippen molar-refractivity contribution in [3.05, 3.63) is 27.4 Å². The lowest BCUT2D eigenvalue weighted by molar-refractivity contribution is -0.133. The Kier molecular flexibility index (Phi) is 4.16. The van der Waals surface area contributed by atoms with Crippen LogP contribution in [0, 0.1) is 5.92 Å². The molecule has 1 aliphatic heterocycles. The van der Waals surface area contributed by atoms with E-state index in [-0.39, 0.29) is 18.0 Å². The lowest BCUT2D eigenvalue weighted by Gasteiger charge is -2.30. The molecular formula is C12H16BrN3O2. The largest absolute Gasteiger partial charge is 0.341 e. The fraction of sp³-hybridized carbons (Fsp3) is 0.583. The molecule has 6 heteroatoms. The number of carbonyl (C=O) groups excluding carboxylic acids is 1. The van der Waals surface area contributed by atoms with Gasteiger partial charge in [-0.25, -0.2) is 4.98 Å². The minimum absolute atomic E-state index is 0.0103. The van der Waals surface area contributed by atoms with Crippen LogP contribution in [0.5, 0.6) is 0 Å². The Hall–Kier alpha value is -1.17. The SMILES string of the molecule is CC1CCN(C(=O)Cn2cncc(Br)c2=O)CC1. The van der Waals surface area contributed by atoms with Crippen LogP contribution in [0.2, 0.25) is 0 Å². The molecule has 98 valence electrons. The second-order valence-electron chi connectivity index (χ2n) is 4.74. The van der Waals surface area contributed by atoms with E-state index in [9.17, 15) is 9.59 Å². The molecule has 0 N–H and O–H groups in total. The molecular weight excluding hydrogens is 298 g/mol. The first-order chi connectivity index (χ1) is 8.58. The molecule has 1 aliphatic rings. The number of hydrogen-bond donors (Lipinski definition) is 0. The summed E-state index contributed by atoms with van der Waals surface area (Å²) in [6, 6.07) is 0. The van der Waals surface area contributed by atoms with E-state index in [1.54, 1.807) is 0 Å². The van der Waals surface area contributed by atoms with E-state index in [4.69, 9.17) is 0 Å². The van der Waals surface area contributed by atoms with Gasteiger partial charge < -0.3 is 4.90 Å². The summed E-state index contributed by atoms with van der Waals surface area (Å²) in [6.45, 7) is 3.84. The Morgan fingerprint density at radius 3 is 2.83 bits per heavy atom. The van der Waals surface area contributed by atoms with Gasteiger partial charge in [-0.15, -0.1) is 0 Å². The minimum Gasteiger partial charge on any atom is -0.341 e. The average molecular weight is 314 g/mol. The van der Waals surface area contributed by atoms with E-state index in [1.165, 1.54) is 17.1 Å². The first-order valence-electron chi connectivity index (χ1n) is 6.05. The van der Waals surface area contributed by atoms with Crippen LogP contribution in [0.25, 0.3) is 0 Å². The van der Waals surface area contributed by atoms with Gasteiger partial charge in [-0.2, -0.15) is 0 Å². The molecule has 1 fully saturated rings.